The molecule has 0 saturated heterocycles. The zero-order valence-electron chi connectivity index (χ0n) is 15.8. The number of methoxy groups -OCH3 is 1. The van der Waals surface area contributed by atoms with Gasteiger partial charge in [-0.2, -0.15) is 0 Å². The maximum absolute atomic E-state index is 13.8. The van der Waals surface area contributed by atoms with Crippen LogP contribution in [0.2, 0.25) is 0 Å². The van der Waals surface area contributed by atoms with Crippen molar-refractivity contribution in [2.24, 2.45) is 0 Å². The van der Waals surface area contributed by atoms with Gasteiger partial charge in [0.1, 0.15) is 5.82 Å². The number of para-hydroxylation sites is 1. The number of aromatic nitrogens is 1. The van der Waals surface area contributed by atoms with Crippen molar-refractivity contribution in [3.63, 3.8) is 0 Å². The van der Waals surface area contributed by atoms with Gasteiger partial charge in [0.05, 0.1) is 24.7 Å². The number of rotatable bonds is 7. The number of anilines is 3. The Balaban J connectivity index is 1.88. The lowest BCUT2D eigenvalue weighted by Crippen LogP contribution is -2.19. The van der Waals surface area contributed by atoms with Gasteiger partial charge < -0.3 is 14.8 Å². The molecule has 30 heavy (non-hydrogen) atoms. The second-order valence-electron chi connectivity index (χ2n) is 5.87. The van der Waals surface area contributed by atoms with Gasteiger partial charge in [-0.3, -0.25) is 10.0 Å². The van der Waals surface area contributed by atoms with Crippen LogP contribution in [0.5, 0.6) is 17.2 Å². The number of sulfonamides is 1. The Bertz CT molecular complexity index is 1150. The molecular formula is C18H17FN4O5S2. The predicted molar refractivity (Wildman–Crippen MR) is 113 cm³/mol. The lowest BCUT2D eigenvalue weighted by molar-refractivity contribution is 0.262. The molecule has 3 rings (SSSR count). The fourth-order valence-corrected chi connectivity index (χ4v) is 3.51. The quantitative estimate of drug-likeness (QED) is 0.497. The van der Waals surface area contributed by atoms with Crippen LogP contribution in [0.4, 0.5) is 25.7 Å². The van der Waals surface area contributed by atoms with Gasteiger partial charge >= 0.3 is 6.03 Å². The maximum atomic E-state index is 13.8. The fraction of sp³-hybridized carbons (Fsp3) is 0.111. The third-order valence-electron chi connectivity index (χ3n) is 3.54. The van der Waals surface area contributed by atoms with Gasteiger partial charge in [0.25, 0.3) is 0 Å². The molecule has 3 N–H and O–H groups in total. The van der Waals surface area contributed by atoms with E-state index in [1.807, 2.05) is 0 Å². The molecule has 0 radical (unpaired) electrons. The number of carbonyl (C=O) groups is 1. The topological polar surface area (TPSA) is 119 Å². The summed E-state index contributed by atoms with van der Waals surface area (Å²) in [7, 11) is -2.21. The first kappa shape index (κ1) is 21.3. The summed E-state index contributed by atoms with van der Waals surface area (Å²) < 4.78 is 50.3. The molecule has 2 aromatic carbocycles. The van der Waals surface area contributed by atoms with E-state index in [4.69, 9.17) is 9.47 Å². The number of benzene rings is 2. The molecule has 1 heterocycles. The van der Waals surface area contributed by atoms with Crippen LogP contribution in [0.3, 0.4) is 0 Å². The second kappa shape index (κ2) is 8.97. The number of carbonyl (C=O) groups excluding carboxylic acids is 1. The molecule has 3 aromatic rings. The number of nitrogens with zero attached hydrogens (tertiary/aromatic N) is 1. The second-order valence-corrected chi connectivity index (χ2v) is 8.51. The van der Waals surface area contributed by atoms with Crippen molar-refractivity contribution in [3.8, 4) is 17.2 Å². The minimum atomic E-state index is -3.56. The summed E-state index contributed by atoms with van der Waals surface area (Å²) in [6.07, 6.45) is 2.53. The van der Waals surface area contributed by atoms with Gasteiger partial charge in [-0.15, -0.1) is 11.3 Å². The van der Waals surface area contributed by atoms with Crippen molar-refractivity contribution >= 4 is 43.9 Å². The average molecular weight is 452 g/mol. The molecule has 2 amide bonds. The van der Waals surface area contributed by atoms with Crippen LogP contribution in [0.1, 0.15) is 0 Å². The highest BCUT2D eigenvalue weighted by Crippen LogP contribution is 2.40. The Morgan fingerprint density at radius 2 is 1.93 bits per heavy atom. The van der Waals surface area contributed by atoms with Gasteiger partial charge in [0.15, 0.2) is 22.4 Å². The van der Waals surface area contributed by atoms with Gasteiger partial charge in [-0.1, -0.05) is 6.07 Å². The van der Waals surface area contributed by atoms with E-state index in [-0.39, 0.29) is 28.6 Å². The molecule has 1 aromatic heterocycles. The Labute approximate surface area is 175 Å². The Kier molecular flexibility index (Phi) is 6.37. The molecular weight excluding hydrogens is 435 g/mol. The zero-order valence-corrected chi connectivity index (χ0v) is 17.4. The summed E-state index contributed by atoms with van der Waals surface area (Å²) in [4.78, 5) is 16.1. The molecule has 0 bridgehead atoms. The molecule has 0 saturated carbocycles. The first-order valence-electron chi connectivity index (χ1n) is 8.35. The lowest BCUT2D eigenvalue weighted by atomic mass is 10.2. The van der Waals surface area contributed by atoms with Gasteiger partial charge in [0.2, 0.25) is 10.0 Å². The van der Waals surface area contributed by atoms with Gasteiger partial charge in [-0.25, -0.2) is 22.6 Å². The summed E-state index contributed by atoms with van der Waals surface area (Å²) in [5.41, 5.74) is 0.211. The Morgan fingerprint density at radius 1 is 1.13 bits per heavy atom. The largest absolute Gasteiger partial charge is 0.491 e. The number of amides is 2. The van der Waals surface area contributed by atoms with E-state index in [1.165, 1.54) is 42.8 Å². The van der Waals surface area contributed by atoms with Crippen molar-refractivity contribution in [1.29, 1.82) is 0 Å². The summed E-state index contributed by atoms with van der Waals surface area (Å²) in [6.45, 7) is 0. The molecule has 158 valence electrons. The van der Waals surface area contributed by atoms with Crippen LogP contribution >= 0.6 is 11.3 Å². The number of thiazole rings is 1. The van der Waals surface area contributed by atoms with Crippen LogP contribution in [0, 0.1) is 5.82 Å². The minimum Gasteiger partial charge on any atom is -0.491 e. The maximum Gasteiger partial charge on any atom is 0.325 e. The Morgan fingerprint density at radius 3 is 2.60 bits per heavy atom. The highest BCUT2D eigenvalue weighted by atomic mass is 32.2. The predicted octanol–water partition coefficient (Wildman–Crippen LogP) is 4.10. The molecule has 0 atom stereocenters. The number of urea groups is 1. The van der Waals surface area contributed by atoms with Crippen LogP contribution in [-0.2, 0) is 10.0 Å². The van der Waals surface area contributed by atoms with Crippen molar-refractivity contribution in [2.75, 3.05) is 28.7 Å². The zero-order chi connectivity index (χ0) is 21.7. The van der Waals surface area contributed by atoms with E-state index < -0.39 is 21.9 Å². The number of ether oxygens (including phenoxy) is 2. The van der Waals surface area contributed by atoms with E-state index in [1.54, 1.807) is 11.4 Å². The van der Waals surface area contributed by atoms with E-state index in [0.717, 1.165) is 18.4 Å². The number of hydrogen-bond donors (Lipinski definition) is 3. The monoisotopic (exact) mass is 452 g/mol. The van der Waals surface area contributed by atoms with Crippen LogP contribution < -0.4 is 24.8 Å². The highest BCUT2D eigenvalue weighted by Gasteiger charge is 2.17. The standard InChI is InChI=1S/C18H17FN4O5S2/c1-27-16-12(23-30(2,25)26)4-3-5-15(16)28-14-7-6-11(19)10-13(14)21-17(24)22-18-20-8-9-29-18/h3-10,23H,1-2H3,(H2,20,21,22,24). The number of hydrogen-bond acceptors (Lipinski definition) is 7. The molecule has 0 spiro atoms. The fourth-order valence-electron chi connectivity index (χ4n) is 2.43. The average Bonchev–Trinajstić information content (AvgIpc) is 3.15. The number of nitrogens with one attached hydrogen (secondary N) is 3. The first-order valence-corrected chi connectivity index (χ1v) is 11.1. The smallest absolute Gasteiger partial charge is 0.325 e. The molecule has 9 nitrogen and oxygen atoms in total. The molecule has 0 fully saturated rings. The summed E-state index contributed by atoms with van der Waals surface area (Å²) in [6, 6.07) is 7.51. The van der Waals surface area contributed by atoms with Crippen molar-refractivity contribution in [3.05, 3.63) is 53.8 Å². The van der Waals surface area contributed by atoms with E-state index in [2.05, 4.69) is 20.3 Å². The first-order chi connectivity index (χ1) is 14.2. The third kappa shape index (κ3) is 5.58. The van der Waals surface area contributed by atoms with E-state index in [9.17, 15) is 17.6 Å². The van der Waals surface area contributed by atoms with Crippen LogP contribution in [-0.4, -0.2) is 32.8 Å². The van der Waals surface area contributed by atoms with Crippen LogP contribution in [0.25, 0.3) is 0 Å². The van der Waals surface area contributed by atoms with Crippen LogP contribution in [0.15, 0.2) is 48.0 Å². The lowest BCUT2D eigenvalue weighted by Gasteiger charge is -2.17. The van der Waals surface area contributed by atoms with E-state index >= 15 is 0 Å². The van der Waals surface area contributed by atoms with Gasteiger partial charge in [-0.05, 0) is 24.3 Å². The number of halogens is 1. The van der Waals surface area contributed by atoms with Crippen molar-refractivity contribution in [1.82, 2.24) is 4.98 Å². The molecule has 0 aliphatic heterocycles. The highest BCUT2D eigenvalue weighted by molar-refractivity contribution is 7.92. The summed E-state index contributed by atoms with van der Waals surface area (Å²) in [5, 5.41) is 7.07. The molecule has 0 aliphatic rings. The van der Waals surface area contributed by atoms with Gasteiger partial charge in [0, 0.05) is 17.6 Å². The molecule has 12 heteroatoms. The molecule has 0 aliphatic carbocycles. The van der Waals surface area contributed by atoms with Crippen molar-refractivity contribution < 1.29 is 27.1 Å². The SMILES string of the molecule is COc1c(NS(C)(=O)=O)cccc1Oc1ccc(F)cc1NC(=O)Nc1nccs1. The van der Waals surface area contributed by atoms with E-state index in [0.29, 0.717) is 5.13 Å². The van der Waals surface area contributed by atoms with Crippen molar-refractivity contribution in [2.45, 2.75) is 0 Å². The Hall–Kier alpha value is -3.38. The normalized spacial score (nSPS) is 10.9. The summed E-state index contributed by atoms with van der Waals surface area (Å²) >= 11 is 1.22. The summed E-state index contributed by atoms with van der Waals surface area (Å²) in [5.74, 6) is -0.210. The molecule has 0 unspecified atom stereocenters. The third-order valence-corrected chi connectivity index (χ3v) is 4.82. The minimum absolute atomic E-state index is 0.0487.